The van der Waals surface area contributed by atoms with Gasteiger partial charge in [0.15, 0.2) is 0 Å². The highest BCUT2D eigenvalue weighted by Crippen LogP contribution is 2.44. The van der Waals surface area contributed by atoms with E-state index in [2.05, 4.69) is 10.3 Å². The Morgan fingerprint density at radius 2 is 2.19 bits per heavy atom. The fourth-order valence-corrected chi connectivity index (χ4v) is 3.64. The maximum absolute atomic E-state index is 4.11. The highest BCUT2D eigenvalue weighted by molar-refractivity contribution is 7.09. The molecular formula is C13H20N2S. The molecule has 0 saturated heterocycles. The van der Waals surface area contributed by atoms with E-state index >= 15 is 0 Å². The van der Waals surface area contributed by atoms with Crippen LogP contribution >= 0.6 is 11.3 Å². The van der Waals surface area contributed by atoms with E-state index in [1.807, 2.05) is 11.7 Å². The molecule has 0 bridgehead atoms. The van der Waals surface area contributed by atoms with E-state index in [9.17, 15) is 0 Å². The first-order valence-electron chi connectivity index (χ1n) is 6.54. The summed E-state index contributed by atoms with van der Waals surface area (Å²) in [7, 11) is 0. The molecule has 2 nitrogen and oxygen atoms in total. The highest BCUT2D eigenvalue weighted by atomic mass is 32.1. The summed E-state index contributed by atoms with van der Waals surface area (Å²) in [5.74, 6) is 2.03. The Labute approximate surface area is 101 Å². The van der Waals surface area contributed by atoms with E-state index in [1.165, 1.54) is 43.4 Å². The maximum Gasteiger partial charge on any atom is 0.0794 e. The standard InChI is InChI=1S/C13H20N2S/c1-2-4-10(5-3-1)12-6-13(12)15-8-11-7-14-9-16-11/h7,9-10,12-13,15H,1-6,8H2. The molecule has 2 aliphatic carbocycles. The fraction of sp³-hybridized carbons (Fsp3) is 0.769. The van der Waals surface area contributed by atoms with E-state index in [0.29, 0.717) is 0 Å². The zero-order valence-electron chi connectivity index (χ0n) is 9.69. The second-order valence-corrected chi connectivity index (χ2v) is 6.22. The molecule has 2 unspecified atom stereocenters. The van der Waals surface area contributed by atoms with Crippen LogP contribution < -0.4 is 5.32 Å². The lowest BCUT2D eigenvalue weighted by atomic mass is 9.85. The van der Waals surface area contributed by atoms with E-state index in [1.54, 1.807) is 11.3 Å². The first kappa shape index (κ1) is 10.7. The van der Waals surface area contributed by atoms with Crippen LogP contribution in [-0.4, -0.2) is 11.0 Å². The summed E-state index contributed by atoms with van der Waals surface area (Å²) < 4.78 is 0. The third kappa shape index (κ3) is 2.46. The molecule has 0 amide bonds. The average molecular weight is 236 g/mol. The van der Waals surface area contributed by atoms with Gasteiger partial charge in [-0.15, -0.1) is 11.3 Å². The molecule has 16 heavy (non-hydrogen) atoms. The predicted molar refractivity (Wildman–Crippen MR) is 67.4 cm³/mol. The first-order valence-corrected chi connectivity index (χ1v) is 7.42. The van der Waals surface area contributed by atoms with Gasteiger partial charge < -0.3 is 5.32 Å². The summed E-state index contributed by atoms with van der Waals surface area (Å²) in [6.07, 6.45) is 10.8. The molecule has 2 fully saturated rings. The third-order valence-corrected chi connectivity index (χ3v) is 4.90. The van der Waals surface area contributed by atoms with Gasteiger partial charge in [0.1, 0.15) is 0 Å². The number of hydrogen-bond acceptors (Lipinski definition) is 3. The van der Waals surface area contributed by atoms with E-state index in [0.717, 1.165) is 24.4 Å². The summed E-state index contributed by atoms with van der Waals surface area (Å²) in [5.41, 5.74) is 1.92. The van der Waals surface area contributed by atoms with Crippen LogP contribution in [0.4, 0.5) is 0 Å². The van der Waals surface area contributed by atoms with Crippen LogP contribution in [0.1, 0.15) is 43.4 Å². The Morgan fingerprint density at radius 3 is 2.94 bits per heavy atom. The lowest BCUT2D eigenvalue weighted by Crippen LogP contribution is -2.20. The Morgan fingerprint density at radius 1 is 1.31 bits per heavy atom. The molecule has 0 aliphatic heterocycles. The molecule has 2 saturated carbocycles. The van der Waals surface area contributed by atoms with Gasteiger partial charge in [0, 0.05) is 23.7 Å². The largest absolute Gasteiger partial charge is 0.309 e. The average Bonchev–Trinajstić information content (AvgIpc) is 2.93. The first-order chi connectivity index (χ1) is 7.93. The number of rotatable bonds is 4. The molecule has 3 rings (SSSR count). The van der Waals surface area contributed by atoms with Crippen molar-refractivity contribution in [1.29, 1.82) is 0 Å². The number of aromatic nitrogens is 1. The van der Waals surface area contributed by atoms with Gasteiger partial charge in [0.05, 0.1) is 5.51 Å². The quantitative estimate of drug-likeness (QED) is 0.868. The van der Waals surface area contributed by atoms with Crippen molar-refractivity contribution in [3.63, 3.8) is 0 Å². The lowest BCUT2D eigenvalue weighted by Gasteiger charge is -2.21. The molecule has 0 radical (unpaired) electrons. The van der Waals surface area contributed by atoms with Gasteiger partial charge in [0.25, 0.3) is 0 Å². The van der Waals surface area contributed by atoms with E-state index in [4.69, 9.17) is 0 Å². The number of nitrogens with zero attached hydrogens (tertiary/aromatic N) is 1. The van der Waals surface area contributed by atoms with Crippen molar-refractivity contribution in [1.82, 2.24) is 10.3 Å². The highest BCUT2D eigenvalue weighted by Gasteiger charge is 2.42. The van der Waals surface area contributed by atoms with Crippen LogP contribution in [-0.2, 0) is 6.54 Å². The molecule has 1 N–H and O–H groups in total. The smallest absolute Gasteiger partial charge is 0.0794 e. The van der Waals surface area contributed by atoms with Gasteiger partial charge in [-0.05, 0) is 18.3 Å². The van der Waals surface area contributed by atoms with Crippen LogP contribution in [0.25, 0.3) is 0 Å². The lowest BCUT2D eigenvalue weighted by molar-refractivity contribution is 0.312. The molecule has 2 atom stereocenters. The minimum Gasteiger partial charge on any atom is -0.309 e. The van der Waals surface area contributed by atoms with Gasteiger partial charge in [-0.2, -0.15) is 0 Å². The number of nitrogens with one attached hydrogen (secondary N) is 1. The minimum absolute atomic E-state index is 0.810. The molecule has 88 valence electrons. The van der Waals surface area contributed by atoms with Gasteiger partial charge in [0.2, 0.25) is 0 Å². The van der Waals surface area contributed by atoms with Gasteiger partial charge >= 0.3 is 0 Å². The van der Waals surface area contributed by atoms with Crippen LogP contribution in [0, 0.1) is 11.8 Å². The Kier molecular flexibility index (Phi) is 3.25. The monoisotopic (exact) mass is 236 g/mol. The van der Waals surface area contributed by atoms with Gasteiger partial charge in [-0.25, -0.2) is 0 Å². The normalized spacial score (nSPS) is 30.5. The van der Waals surface area contributed by atoms with Crippen LogP contribution in [0.3, 0.4) is 0 Å². The van der Waals surface area contributed by atoms with Crippen molar-refractivity contribution in [3.8, 4) is 0 Å². The molecule has 1 heterocycles. The van der Waals surface area contributed by atoms with E-state index in [-0.39, 0.29) is 0 Å². The zero-order chi connectivity index (χ0) is 10.8. The van der Waals surface area contributed by atoms with Crippen LogP contribution in [0.5, 0.6) is 0 Å². The van der Waals surface area contributed by atoms with Crippen molar-refractivity contribution in [2.24, 2.45) is 11.8 Å². The minimum atomic E-state index is 0.810. The summed E-state index contributed by atoms with van der Waals surface area (Å²) in [5, 5.41) is 3.68. The molecule has 3 heteroatoms. The SMILES string of the molecule is c1ncc(CNC2CC2C2CCCCC2)s1. The zero-order valence-corrected chi connectivity index (χ0v) is 10.5. The molecule has 0 aromatic carbocycles. The summed E-state index contributed by atoms with van der Waals surface area (Å²) in [4.78, 5) is 5.48. The molecule has 1 aromatic rings. The summed E-state index contributed by atoms with van der Waals surface area (Å²) in [6.45, 7) is 1.03. The topological polar surface area (TPSA) is 24.9 Å². The Balaban J connectivity index is 1.42. The van der Waals surface area contributed by atoms with Crippen molar-refractivity contribution in [3.05, 3.63) is 16.6 Å². The fourth-order valence-electron chi connectivity index (χ4n) is 3.09. The van der Waals surface area contributed by atoms with Crippen molar-refractivity contribution >= 4 is 11.3 Å². The predicted octanol–water partition coefficient (Wildman–Crippen LogP) is 3.20. The van der Waals surface area contributed by atoms with Crippen molar-refractivity contribution in [2.45, 2.75) is 51.1 Å². The van der Waals surface area contributed by atoms with Crippen LogP contribution in [0.15, 0.2) is 11.7 Å². The number of hydrogen-bond donors (Lipinski definition) is 1. The Bertz CT molecular complexity index is 317. The molecule has 0 spiro atoms. The molecule has 2 aliphatic rings. The van der Waals surface area contributed by atoms with Gasteiger partial charge in [-0.3, -0.25) is 4.98 Å². The van der Waals surface area contributed by atoms with Crippen molar-refractivity contribution in [2.75, 3.05) is 0 Å². The summed E-state index contributed by atoms with van der Waals surface area (Å²) >= 11 is 1.76. The van der Waals surface area contributed by atoms with E-state index < -0.39 is 0 Å². The molecular weight excluding hydrogens is 216 g/mol. The number of thiazole rings is 1. The maximum atomic E-state index is 4.11. The van der Waals surface area contributed by atoms with Crippen LogP contribution in [0.2, 0.25) is 0 Å². The molecule has 1 aromatic heterocycles. The second-order valence-electron chi connectivity index (χ2n) is 5.25. The third-order valence-electron chi connectivity index (χ3n) is 4.12. The van der Waals surface area contributed by atoms with Crippen molar-refractivity contribution < 1.29 is 0 Å². The Hall–Kier alpha value is -0.410. The van der Waals surface area contributed by atoms with Gasteiger partial charge in [-0.1, -0.05) is 32.1 Å². The summed E-state index contributed by atoms with van der Waals surface area (Å²) in [6, 6.07) is 0.810. The second kappa shape index (κ2) is 4.84.